The summed E-state index contributed by atoms with van der Waals surface area (Å²) in [5.41, 5.74) is -0.785. The van der Waals surface area contributed by atoms with Crippen LogP contribution in [-0.4, -0.2) is 6.11 Å². The van der Waals surface area contributed by atoms with Gasteiger partial charge in [-0.3, -0.25) is 0 Å². The van der Waals surface area contributed by atoms with Crippen molar-refractivity contribution in [2.75, 3.05) is 0 Å². The summed E-state index contributed by atoms with van der Waals surface area (Å²) in [5.74, 6) is -5.11. The molecule has 1 fully saturated rings. The molecule has 1 unspecified atom stereocenters. The largest absolute Gasteiger partial charge is 0.432 e. The molecule has 1 nitrogen and oxygen atoms in total. The van der Waals surface area contributed by atoms with Crippen LogP contribution in [0.25, 0.3) is 0 Å². The van der Waals surface area contributed by atoms with Crippen molar-refractivity contribution in [2.24, 2.45) is 17.8 Å². The zero-order valence-electron chi connectivity index (χ0n) is 17.4. The Bertz CT molecular complexity index is 769. The molecule has 8 heteroatoms. The summed E-state index contributed by atoms with van der Waals surface area (Å²) in [5, 5.41) is 0. The van der Waals surface area contributed by atoms with Crippen molar-refractivity contribution in [3.63, 3.8) is 0 Å². The van der Waals surface area contributed by atoms with Crippen LogP contribution in [0.2, 0.25) is 0 Å². The first kappa shape index (κ1) is 23.9. The van der Waals surface area contributed by atoms with Gasteiger partial charge in [0.25, 0.3) is 0 Å². The fourth-order valence-corrected chi connectivity index (χ4v) is 4.87. The summed E-state index contributed by atoms with van der Waals surface area (Å²) >= 11 is 0. The van der Waals surface area contributed by atoms with Crippen LogP contribution in [0.15, 0.2) is 23.8 Å². The first-order valence-corrected chi connectivity index (χ1v) is 10.8. The number of halogens is 7. The predicted molar refractivity (Wildman–Crippen MR) is 103 cm³/mol. The molecule has 2 aliphatic carbocycles. The molecule has 2 aliphatic rings. The third-order valence-corrected chi connectivity index (χ3v) is 6.53. The van der Waals surface area contributed by atoms with E-state index in [-0.39, 0.29) is 30.9 Å². The average molecular weight is 452 g/mol. The molecule has 3 rings (SSSR count). The second-order valence-corrected chi connectivity index (χ2v) is 8.68. The lowest BCUT2D eigenvalue weighted by Gasteiger charge is -2.35. The van der Waals surface area contributed by atoms with E-state index in [2.05, 4.69) is 17.7 Å². The van der Waals surface area contributed by atoms with Crippen LogP contribution in [0.1, 0.15) is 70.3 Å². The van der Waals surface area contributed by atoms with Crippen molar-refractivity contribution in [3.05, 3.63) is 41.0 Å². The summed E-state index contributed by atoms with van der Waals surface area (Å²) in [6, 6.07) is 0.315. The molecular formula is C23H27F7O. The Hall–Kier alpha value is -1.73. The molecule has 0 heterocycles. The van der Waals surface area contributed by atoms with E-state index in [9.17, 15) is 30.7 Å². The van der Waals surface area contributed by atoms with Crippen molar-refractivity contribution in [3.8, 4) is 5.75 Å². The van der Waals surface area contributed by atoms with Gasteiger partial charge in [0.2, 0.25) is 0 Å². The van der Waals surface area contributed by atoms with Crippen LogP contribution in [0.5, 0.6) is 5.75 Å². The quantitative estimate of drug-likeness (QED) is 0.312. The number of hydrogen-bond acceptors (Lipinski definition) is 1. The lowest BCUT2D eigenvalue weighted by atomic mass is 9.74. The summed E-state index contributed by atoms with van der Waals surface area (Å²) < 4.78 is 99.0. The van der Waals surface area contributed by atoms with Crippen LogP contribution in [0, 0.1) is 29.4 Å². The third kappa shape index (κ3) is 5.75. The maximum absolute atomic E-state index is 14.6. The minimum Gasteiger partial charge on any atom is -0.432 e. The van der Waals surface area contributed by atoms with Gasteiger partial charge in [0.15, 0.2) is 0 Å². The predicted octanol–water partition coefficient (Wildman–Crippen LogP) is 8.29. The molecule has 0 spiro atoms. The highest BCUT2D eigenvalue weighted by Crippen LogP contribution is 2.44. The summed E-state index contributed by atoms with van der Waals surface area (Å²) in [6.07, 6.45) is 0.289. The lowest BCUT2D eigenvalue weighted by Crippen LogP contribution is -2.37. The van der Waals surface area contributed by atoms with Gasteiger partial charge in [-0.2, -0.15) is 22.0 Å². The Morgan fingerprint density at radius 3 is 2.03 bits per heavy atom. The van der Waals surface area contributed by atoms with Gasteiger partial charge in [0.05, 0.1) is 5.92 Å². The van der Waals surface area contributed by atoms with Crippen molar-refractivity contribution in [1.82, 2.24) is 0 Å². The molecule has 0 radical (unpaired) electrons. The fraction of sp³-hybridized carbons (Fsp3) is 0.652. The Balaban J connectivity index is 1.60. The molecular weight excluding hydrogens is 425 g/mol. The number of benzene rings is 1. The van der Waals surface area contributed by atoms with Crippen LogP contribution in [0.4, 0.5) is 30.7 Å². The number of rotatable bonds is 6. The highest BCUT2D eigenvalue weighted by Gasteiger charge is 2.45. The Morgan fingerprint density at radius 1 is 0.935 bits per heavy atom. The topological polar surface area (TPSA) is 9.23 Å². The van der Waals surface area contributed by atoms with Gasteiger partial charge in [-0.25, -0.2) is 8.78 Å². The Morgan fingerprint density at radius 2 is 1.55 bits per heavy atom. The van der Waals surface area contributed by atoms with Gasteiger partial charge < -0.3 is 4.74 Å². The van der Waals surface area contributed by atoms with Crippen molar-refractivity contribution >= 4 is 0 Å². The molecule has 174 valence electrons. The molecule has 1 atom stereocenters. The van der Waals surface area contributed by atoms with Crippen LogP contribution in [-0.2, 0) is 6.18 Å². The average Bonchev–Trinajstić information content (AvgIpc) is 2.67. The molecule has 1 saturated carbocycles. The van der Waals surface area contributed by atoms with Gasteiger partial charge in [-0.05, 0) is 56.8 Å². The highest BCUT2D eigenvalue weighted by atomic mass is 19.4. The van der Waals surface area contributed by atoms with E-state index in [0.29, 0.717) is 18.8 Å². The number of ether oxygens (including phenoxy) is 1. The normalized spacial score (nSPS) is 25.3. The zero-order valence-corrected chi connectivity index (χ0v) is 17.4. The summed E-state index contributed by atoms with van der Waals surface area (Å²) in [7, 11) is 0. The van der Waals surface area contributed by atoms with Gasteiger partial charge in [-0.15, -0.1) is 0 Å². The molecule has 0 aliphatic heterocycles. The zero-order chi connectivity index (χ0) is 22.8. The van der Waals surface area contributed by atoms with Gasteiger partial charge in [0, 0.05) is 12.1 Å². The maximum Gasteiger partial charge on any atom is 0.422 e. The summed E-state index contributed by atoms with van der Waals surface area (Å²) in [4.78, 5) is 0. The van der Waals surface area contributed by atoms with E-state index >= 15 is 0 Å². The first-order valence-electron chi connectivity index (χ1n) is 10.8. The standard InChI is InChI=1S/C23H27F7O/c1-2-3-14-4-6-15(7-5-14)16-8-10-17(11-9-16)23(29,30)31-18-12-19(24)21(20(25)13-18)22(26,27)28/h6,12-14,16-17H,2-5,7-11H2,1H3. The third-order valence-electron chi connectivity index (χ3n) is 6.53. The van der Waals surface area contributed by atoms with E-state index in [1.807, 2.05) is 0 Å². The minimum atomic E-state index is -5.27. The molecule has 0 bridgehead atoms. The minimum absolute atomic E-state index is 0.158. The molecule has 0 amide bonds. The number of allylic oxidation sites excluding steroid dienone is 2. The molecule has 0 N–H and O–H groups in total. The van der Waals surface area contributed by atoms with Crippen LogP contribution >= 0.6 is 0 Å². The lowest BCUT2D eigenvalue weighted by molar-refractivity contribution is -0.223. The summed E-state index contributed by atoms with van der Waals surface area (Å²) in [6.45, 7) is 2.16. The molecule has 31 heavy (non-hydrogen) atoms. The Labute approximate surface area is 177 Å². The van der Waals surface area contributed by atoms with E-state index < -0.39 is 41.2 Å². The second-order valence-electron chi connectivity index (χ2n) is 8.68. The molecule has 0 saturated heterocycles. The SMILES string of the molecule is CCCC1CC=C(C2CCC(C(F)(F)Oc3cc(F)c(C(F)(F)F)c(F)c3)CC2)CC1. The van der Waals surface area contributed by atoms with Crippen molar-refractivity contribution < 1.29 is 35.5 Å². The molecule has 1 aromatic rings. The van der Waals surface area contributed by atoms with E-state index in [1.54, 1.807) is 0 Å². The smallest absolute Gasteiger partial charge is 0.422 e. The first-order chi connectivity index (χ1) is 14.5. The fourth-order valence-electron chi connectivity index (χ4n) is 4.87. The molecule has 1 aromatic carbocycles. The second kappa shape index (κ2) is 9.41. The maximum atomic E-state index is 14.6. The number of alkyl halides is 5. The van der Waals surface area contributed by atoms with Gasteiger partial charge >= 0.3 is 12.3 Å². The van der Waals surface area contributed by atoms with E-state index in [4.69, 9.17) is 0 Å². The Kier molecular flexibility index (Phi) is 7.26. The van der Waals surface area contributed by atoms with Crippen LogP contribution in [0.3, 0.4) is 0 Å². The number of hydrogen-bond donors (Lipinski definition) is 0. The monoisotopic (exact) mass is 452 g/mol. The van der Waals surface area contributed by atoms with Crippen molar-refractivity contribution in [2.45, 2.75) is 77.0 Å². The molecule has 0 aromatic heterocycles. The van der Waals surface area contributed by atoms with Gasteiger partial charge in [-0.1, -0.05) is 31.4 Å². The van der Waals surface area contributed by atoms with Crippen LogP contribution < -0.4 is 4.74 Å². The van der Waals surface area contributed by atoms with Crippen molar-refractivity contribution in [1.29, 1.82) is 0 Å². The highest BCUT2D eigenvalue weighted by molar-refractivity contribution is 5.32. The van der Waals surface area contributed by atoms with E-state index in [0.717, 1.165) is 25.7 Å². The van der Waals surface area contributed by atoms with E-state index in [1.165, 1.54) is 12.0 Å². The van der Waals surface area contributed by atoms with Gasteiger partial charge in [0.1, 0.15) is 22.9 Å².